The maximum atomic E-state index is 12.0. The Balaban J connectivity index is 2.00. The summed E-state index contributed by atoms with van der Waals surface area (Å²) in [6.45, 7) is 0.0883. The number of sulfone groups is 1. The van der Waals surface area contributed by atoms with Crippen LogP contribution in [0.5, 0.6) is 0 Å². The monoisotopic (exact) mass is 352 g/mol. The minimum Gasteiger partial charge on any atom is -0.350 e. The van der Waals surface area contributed by atoms with E-state index in [-0.39, 0.29) is 16.5 Å². The Morgan fingerprint density at radius 3 is 2.67 bits per heavy atom. The van der Waals surface area contributed by atoms with E-state index < -0.39 is 31.0 Å². The van der Waals surface area contributed by atoms with Gasteiger partial charge in [-0.3, -0.25) is 4.79 Å². The van der Waals surface area contributed by atoms with E-state index in [0.717, 1.165) is 11.3 Å². The molecule has 21 heavy (non-hydrogen) atoms. The van der Waals surface area contributed by atoms with Crippen LogP contribution >= 0.6 is 11.3 Å². The number of nitrogens with two attached hydrogens (primary N) is 1. The van der Waals surface area contributed by atoms with Crippen molar-refractivity contribution in [2.75, 3.05) is 5.75 Å². The minimum atomic E-state index is -3.75. The fourth-order valence-electron chi connectivity index (χ4n) is 2.14. The average Bonchev–Trinajstić information content (AvgIpc) is 2.84. The molecule has 1 aliphatic rings. The predicted molar refractivity (Wildman–Crippen MR) is 79.0 cm³/mol. The van der Waals surface area contributed by atoms with E-state index in [9.17, 15) is 21.6 Å². The largest absolute Gasteiger partial charge is 0.350 e. The Bertz CT molecular complexity index is 736. The van der Waals surface area contributed by atoms with E-state index in [4.69, 9.17) is 5.14 Å². The molecule has 1 aromatic rings. The molecule has 1 aromatic heterocycles. The Morgan fingerprint density at radius 2 is 2.10 bits per heavy atom. The summed E-state index contributed by atoms with van der Waals surface area (Å²) in [7, 11) is -7.12. The maximum Gasteiger partial charge on any atom is 0.247 e. The average molecular weight is 352 g/mol. The molecule has 2 rings (SSSR count). The van der Waals surface area contributed by atoms with Crippen LogP contribution in [0, 0.1) is 0 Å². The van der Waals surface area contributed by atoms with Gasteiger partial charge in [-0.1, -0.05) is 6.42 Å². The summed E-state index contributed by atoms with van der Waals surface area (Å²) in [6, 6.07) is 2.90. The third kappa shape index (κ3) is 4.02. The lowest BCUT2D eigenvalue weighted by molar-refractivity contribution is -0.121. The molecular formula is C11H16N2O5S3. The van der Waals surface area contributed by atoms with Gasteiger partial charge in [-0.15, -0.1) is 11.3 Å². The third-order valence-electron chi connectivity index (χ3n) is 3.23. The third-order valence-corrected chi connectivity index (χ3v) is 7.92. The first-order valence-electron chi connectivity index (χ1n) is 6.31. The van der Waals surface area contributed by atoms with E-state index in [1.807, 2.05) is 0 Å². The normalized spacial score (nSPS) is 21.9. The molecule has 0 aliphatic carbocycles. The Kier molecular flexibility index (Phi) is 4.71. The highest BCUT2D eigenvalue weighted by Crippen LogP contribution is 2.22. The zero-order valence-electron chi connectivity index (χ0n) is 11.1. The highest BCUT2D eigenvalue weighted by Gasteiger charge is 2.34. The molecule has 7 nitrogen and oxygen atoms in total. The van der Waals surface area contributed by atoms with Crippen molar-refractivity contribution in [2.45, 2.75) is 35.3 Å². The van der Waals surface area contributed by atoms with Crippen molar-refractivity contribution in [1.82, 2.24) is 5.32 Å². The van der Waals surface area contributed by atoms with Crippen LogP contribution < -0.4 is 10.5 Å². The SMILES string of the molecule is NS(=O)(=O)c1ccc(CNC(=O)C2CCCCS2(=O)=O)s1. The van der Waals surface area contributed by atoms with Crippen molar-refractivity contribution in [3.8, 4) is 0 Å². The second kappa shape index (κ2) is 6.03. The number of rotatable bonds is 4. The highest BCUT2D eigenvalue weighted by molar-refractivity contribution is 7.92. The summed E-state index contributed by atoms with van der Waals surface area (Å²) < 4.78 is 45.9. The van der Waals surface area contributed by atoms with Crippen LogP contribution in [-0.4, -0.2) is 33.7 Å². The second-order valence-electron chi connectivity index (χ2n) is 4.83. The summed E-state index contributed by atoms with van der Waals surface area (Å²) in [6.07, 6.45) is 1.64. The van der Waals surface area contributed by atoms with Crippen molar-refractivity contribution < 1.29 is 21.6 Å². The highest BCUT2D eigenvalue weighted by atomic mass is 32.2. The number of sulfonamides is 1. The van der Waals surface area contributed by atoms with Gasteiger partial charge in [0.25, 0.3) is 0 Å². The Labute approximate surface area is 127 Å². The molecule has 1 fully saturated rings. The van der Waals surface area contributed by atoms with Crippen molar-refractivity contribution in [3.63, 3.8) is 0 Å². The quantitative estimate of drug-likeness (QED) is 0.788. The number of hydrogen-bond donors (Lipinski definition) is 2. The fraction of sp³-hybridized carbons (Fsp3) is 0.545. The van der Waals surface area contributed by atoms with Crippen molar-refractivity contribution >= 4 is 37.1 Å². The summed E-state index contributed by atoms with van der Waals surface area (Å²) in [4.78, 5) is 12.6. The molecule has 1 amide bonds. The van der Waals surface area contributed by atoms with Gasteiger partial charge in [-0.2, -0.15) is 0 Å². The summed E-state index contributed by atoms with van der Waals surface area (Å²) in [5.74, 6) is -0.486. The number of hydrogen-bond acceptors (Lipinski definition) is 6. The number of primary sulfonamides is 1. The molecule has 1 atom stereocenters. The second-order valence-corrected chi connectivity index (χ2v) is 10.1. The lowest BCUT2D eigenvalue weighted by atomic mass is 10.2. The van der Waals surface area contributed by atoms with E-state index in [0.29, 0.717) is 24.1 Å². The van der Waals surface area contributed by atoms with Crippen LogP contribution in [0.2, 0.25) is 0 Å². The van der Waals surface area contributed by atoms with Crippen LogP contribution in [0.1, 0.15) is 24.1 Å². The van der Waals surface area contributed by atoms with Gasteiger partial charge >= 0.3 is 0 Å². The molecule has 0 saturated carbocycles. The molecule has 0 bridgehead atoms. The Morgan fingerprint density at radius 1 is 1.38 bits per heavy atom. The van der Waals surface area contributed by atoms with Gasteiger partial charge in [0.05, 0.1) is 12.3 Å². The fourth-order valence-corrected chi connectivity index (χ4v) is 5.69. The first kappa shape index (κ1) is 16.4. The zero-order chi connectivity index (χ0) is 15.7. The van der Waals surface area contributed by atoms with E-state index in [1.54, 1.807) is 6.07 Å². The maximum absolute atomic E-state index is 12.0. The summed E-state index contributed by atoms with van der Waals surface area (Å²) in [5, 5.41) is 6.54. The standard InChI is InChI=1S/C11H16N2O5S3/c12-21(17,18)10-5-4-8(19-10)7-13-11(14)9-3-1-2-6-20(9,15)16/h4-5,9H,1-3,6-7H2,(H,13,14)(H2,12,17,18). The van der Waals surface area contributed by atoms with E-state index >= 15 is 0 Å². The van der Waals surface area contributed by atoms with Crippen LogP contribution in [0.15, 0.2) is 16.3 Å². The molecule has 0 aromatic carbocycles. The lowest BCUT2D eigenvalue weighted by Gasteiger charge is -2.21. The van der Waals surface area contributed by atoms with Gasteiger partial charge in [0.2, 0.25) is 15.9 Å². The molecule has 1 unspecified atom stereocenters. The van der Waals surface area contributed by atoms with Gasteiger partial charge < -0.3 is 5.32 Å². The van der Waals surface area contributed by atoms with Crippen LogP contribution in [-0.2, 0) is 31.2 Å². The smallest absolute Gasteiger partial charge is 0.247 e. The molecule has 0 spiro atoms. The first-order valence-corrected chi connectivity index (χ1v) is 10.4. The number of nitrogens with one attached hydrogen (secondary N) is 1. The van der Waals surface area contributed by atoms with Crippen LogP contribution in [0.25, 0.3) is 0 Å². The zero-order valence-corrected chi connectivity index (χ0v) is 13.6. The van der Waals surface area contributed by atoms with Crippen molar-refractivity contribution in [3.05, 3.63) is 17.0 Å². The van der Waals surface area contributed by atoms with Gasteiger partial charge in [-0.25, -0.2) is 22.0 Å². The van der Waals surface area contributed by atoms with Crippen molar-refractivity contribution in [1.29, 1.82) is 0 Å². The molecular weight excluding hydrogens is 336 g/mol. The summed E-state index contributed by atoms with van der Waals surface area (Å²) >= 11 is 0.951. The number of thiophene rings is 1. The van der Waals surface area contributed by atoms with E-state index in [2.05, 4.69) is 5.32 Å². The number of amides is 1. The topological polar surface area (TPSA) is 123 Å². The minimum absolute atomic E-state index is 0.0111. The van der Waals surface area contributed by atoms with Gasteiger partial charge in [0, 0.05) is 4.88 Å². The molecule has 3 N–H and O–H groups in total. The number of carbonyl (C=O) groups excluding carboxylic acids is 1. The molecule has 0 radical (unpaired) electrons. The van der Waals surface area contributed by atoms with Gasteiger partial charge in [0.15, 0.2) is 9.84 Å². The van der Waals surface area contributed by atoms with Gasteiger partial charge in [0.1, 0.15) is 9.46 Å². The lowest BCUT2D eigenvalue weighted by Crippen LogP contribution is -2.42. The molecule has 118 valence electrons. The van der Waals surface area contributed by atoms with Crippen molar-refractivity contribution in [2.24, 2.45) is 5.14 Å². The van der Waals surface area contributed by atoms with Crippen LogP contribution in [0.4, 0.5) is 0 Å². The first-order chi connectivity index (χ1) is 9.70. The van der Waals surface area contributed by atoms with Gasteiger partial charge in [-0.05, 0) is 25.0 Å². The summed E-state index contributed by atoms with van der Waals surface area (Å²) in [5.41, 5.74) is 0. The molecule has 10 heteroatoms. The molecule has 1 aliphatic heterocycles. The van der Waals surface area contributed by atoms with E-state index in [1.165, 1.54) is 6.07 Å². The number of carbonyl (C=O) groups is 1. The predicted octanol–water partition coefficient (Wildman–Crippen LogP) is -0.0210. The van der Waals surface area contributed by atoms with Crippen LogP contribution in [0.3, 0.4) is 0 Å². The Hall–Kier alpha value is -0.970. The molecule has 2 heterocycles. The molecule has 1 saturated heterocycles.